The summed E-state index contributed by atoms with van der Waals surface area (Å²) in [4.78, 5) is 4.46. The maximum Gasteiger partial charge on any atom is 0.142 e. The van der Waals surface area contributed by atoms with Crippen LogP contribution in [-0.4, -0.2) is 16.1 Å². The van der Waals surface area contributed by atoms with Crippen molar-refractivity contribution in [3.05, 3.63) is 28.5 Å². The molecule has 16 heavy (non-hydrogen) atoms. The van der Waals surface area contributed by atoms with E-state index < -0.39 is 0 Å². The van der Waals surface area contributed by atoms with Gasteiger partial charge in [-0.2, -0.15) is 0 Å². The Morgan fingerprint density at radius 3 is 3.12 bits per heavy atom. The van der Waals surface area contributed by atoms with Gasteiger partial charge in [0.25, 0.3) is 0 Å². The minimum atomic E-state index is 0.436. The molecule has 0 aromatic carbocycles. The van der Waals surface area contributed by atoms with Gasteiger partial charge in [0.2, 0.25) is 0 Å². The third-order valence-corrected chi connectivity index (χ3v) is 3.58. The van der Waals surface area contributed by atoms with E-state index in [1.54, 1.807) is 0 Å². The van der Waals surface area contributed by atoms with Crippen molar-refractivity contribution in [2.45, 2.75) is 26.4 Å². The molecule has 2 aromatic heterocycles. The first-order chi connectivity index (χ1) is 7.68. The minimum absolute atomic E-state index is 0.436. The lowest BCUT2D eigenvalue weighted by Crippen LogP contribution is -2.31. The molecule has 1 atom stereocenters. The van der Waals surface area contributed by atoms with Crippen LogP contribution in [0.4, 0.5) is 0 Å². The predicted molar refractivity (Wildman–Crippen MR) is 65.9 cm³/mol. The molecular formula is C12H14ClN3. The molecule has 0 unspecified atom stereocenters. The Balaban J connectivity index is 2.40. The van der Waals surface area contributed by atoms with Crippen LogP contribution >= 0.6 is 11.6 Å². The Kier molecular flexibility index (Phi) is 2.19. The molecule has 0 fully saturated rings. The number of rotatable bonds is 0. The molecule has 3 nitrogen and oxygen atoms in total. The lowest BCUT2D eigenvalue weighted by atomic mass is 10.1. The van der Waals surface area contributed by atoms with Crippen LogP contribution < -0.4 is 5.32 Å². The van der Waals surface area contributed by atoms with E-state index in [1.807, 2.05) is 6.07 Å². The Hall–Kier alpha value is -1.06. The molecule has 4 heteroatoms. The van der Waals surface area contributed by atoms with E-state index in [0.717, 1.165) is 18.7 Å². The number of halogens is 1. The van der Waals surface area contributed by atoms with Gasteiger partial charge in [-0.25, -0.2) is 4.98 Å². The number of nitrogens with one attached hydrogen (secondary N) is 1. The van der Waals surface area contributed by atoms with Crippen LogP contribution in [0.5, 0.6) is 0 Å². The number of pyridine rings is 1. The van der Waals surface area contributed by atoms with E-state index in [1.165, 1.54) is 16.6 Å². The SMILES string of the molecule is Cc1c2n(c3nc(Cl)ccc13)[C@H](C)CNC2. The summed E-state index contributed by atoms with van der Waals surface area (Å²) in [6, 6.07) is 4.37. The topological polar surface area (TPSA) is 29.9 Å². The average molecular weight is 236 g/mol. The molecule has 0 aliphatic carbocycles. The van der Waals surface area contributed by atoms with Crippen molar-refractivity contribution in [2.24, 2.45) is 0 Å². The van der Waals surface area contributed by atoms with Crippen molar-refractivity contribution in [2.75, 3.05) is 6.54 Å². The summed E-state index contributed by atoms with van der Waals surface area (Å²) >= 11 is 5.98. The summed E-state index contributed by atoms with van der Waals surface area (Å²) in [6.07, 6.45) is 0. The lowest BCUT2D eigenvalue weighted by Gasteiger charge is -2.24. The third-order valence-electron chi connectivity index (χ3n) is 3.37. The van der Waals surface area contributed by atoms with E-state index in [-0.39, 0.29) is 0 Å². The van der Waals surface area contributed by atoms with Gasteiger partial charge in [0, 0.05) is 30.2 Å². The predicted octanol–water partition coefficient (Wildman–Crippen LogP) is 2.66. The van der Waals surface area contributed by atoms with Crippen LogP contribution in [0.3, 0.4) is 0 Å². The Morgan fingerprint density at radius 2 is 2.31 bits per heavy atom. The van der Waals surface area contributed by atoms with Crippen molar-refractivity contribution < 1.29 is 0 Å². The average Bonchev–Trinajstić information content (AvgIpc) is 2.54. The van der Waals surface area contributed by atoms with Gasteiger partial charge in [-0.15, -0.1) is 0 Å². The Labute approximate surface area is 99.4 Å². The highest BCUT2D eigenvalue weighted by Crippen LogP contribution is 2.30. The van der Waals surface area contributed by atoms with Gasteiger partial charge in [0.15, 0.2) is 0 Å². The van der Waals surface area contributed by atoms with Crippen molar-refractivity contribution in [1.82, 2.24) is 14.9 Å². The summed E-state index contributed by atoms with van der Waals surface area (Å²) in [5.41, 5.74) is 3.68. The highest BCUT2D eigenvalue weighted by molar-refractivity contribution is 6.29. The molecule has 0 saturated carbocycles. The molecule has 1 aliphatic heterocycles. The fraction of sp³-hybridized carbons (Fsp3) is 0.417. The lowest BCUT2D eigenvalue weighted by molar-refractivity contribution is 0.436. The maximum absolute atomic E-state index is 5.98. The van der Waals surface area contributed by atoms with E-state index in [9.17, 15) is 0 Å². The zero-order valence-corrected chi connectivity index (χ0v) is 10.2. The molecule has 84 valence electrons. The second-order valence-corrected chi connectivity index (χ2v) is 4.81. The summed E-state index contributed by atoms with van der Waals surface area (Å²) in [7, 11) is 0. The number of aromatic nitrogens is 2. The second-order valence-electron chi connectivity index (χ2n) is 4.43. The van der Waals surface area contributed by atoms with Crippen molar-refractivity contribution in [3.8, 4) is 0 Å². The van der Waals surface area contributed by atoms with Crippen LogP contribution in [0.25, 0.3) is 11.0 Å². The van der Waals surface area contributed by atoms with Gasteiger partial charge in [0.05, 0.1) is 0 Å². The number of hydrogen-bond acceptors (Lipinski definition) is 2. The van der Waals surface area contributed by atoms with Crippen molar-refractivity contribution >= 4 is 22.6 Å². The molecule has 1 aliphatic rings. The fourth-order valence-corrected chi connectivity index (χ4v) is 2.69. The first kappa shape index (κ1) is 10.1. The number of hydrogen-bond donors (Lipinski definition) is 1. The number of aryl methyl sites for hydroxylation is 1. The molecule has 3 heterocycles. The van der Waals surface area contributed by atoms with E-state index in [4.69, 9.17) is 11.6 Å². The van der Waals surface area contributed by atoms with E-state index >= 15 is 0 Å². The quantitative estimate of drug-likeness (QED) is 0.712. The molecule has 0 radical (unpaired) electrons. The van der Waals surface area contributed by atoms with Crippen molar-refractivity contribution in [3.63, 3.8) is 0 Å². The normalized spacial score (nSPS) is 20.1. The highest BCUT2D eigenvalue weighted by Gasteiger charge is 2.22. The molecule has 0 spiro atoms. The standard InChI is InChI=1S/C12H14ClN3/c1-7-5-14-6-10-8(2)9-3-4-11(13)15-12(9)16(7)10/h3-4,7,14H,5-6H2,1-2H3/t7-/m1/s1. The number of nitrogens with zero attached hydrogens (tertiary/aromatic N) is 2. The second kappa shape index (κ2) is 3.47. The van der Waals surface area contributed by atoms with Crippen LogP contribution in [-0.2, 0) is 6.54 Å². The maximum atomic E-state index is 5.98. The van der Waals surface area contributed by atoms with Crippen LogP contribution in [0.2, 0.25) is 5.15 Å². The molecule has 1 N–H and O–H groups in total. The molecule has 2 aromatic rings. The van der Waals surface area contributed by atoms with Gasteiger partial charge in [-0.05, 0) is 31.5 Å². The molecule has 0 saturated heterocycles. The largest absolute Gasteiger partial charge is 0.324 e. The smallest absolute Gasteiger partial charge is 0.142 e. The zero-order chi connectivity index (χ0) is 11.3. The Morgan fingerprint density at radius 1 is 1.50 bits per heavy atom. The van der Waals surface area contributed by atoms with E-state index in [2.05, 4.69) is 34.8 Å². The third kappa shape index (κ3) is 1.28. The molecule has 3 rings (SSSR count). The molecule has 0 amide bonds. The minimum Gasteiger partial charge on any atom is -0.324 e. The van der Waals surface area contributed by atoms with Crippen LogP contribution in [0, 0.1) is 6.92 Å². The van der Waals surface area contributed by atoms with Gasteiger partial charge >= 0.3 is 0 Å². The van der Waals surface area contributed by atoms with E-state index in [0.29, 0.717) is 11.2 Å². The van der Waals surface area contributed by atoms with Gasteiger partial charge in [-0.3, -0.25) is 0 Å². The first-order valence-corrected chi connectivity index (χ1v) is 5.93. The summed E-state index contributed by atoms with van der Waals surface area (Å²) in [5, 5.41) is 5.21. The zero-order valence-electron chi connectivity index (χ0n) is 9.42. The van der Waals surface area contributed by atoms with Gasteiger partial charge in [-0.1, -0.05) is 11.6 Å². The number of fused-ring (bicyclic) bond motifs is 3. The Bertz CT molecular complexity index is 559. The van der Waals surface area contributed by atoms with Crippen LogP contribution in [0.15, 0.2) is 12.1 Å². The van der Waals surface area contributed by atoms with Gasteiger partial charge < -0.3 is 9.88 Å². The first-order valence-electron chi connectivity index (χ1n) is 5.55. The molecular weight excluding hydrogens is 222 g/mol. The van der Waals surface area contributed by atoms with Crippen LogP contribution in [0.1, 0.15) is 24.2 Å². The summed E-state index contributed by atoms with van der Waals surface area (Å²) < 4.78 is 2.31. The molecule has 0 bridgehead atoms. The summed E-state index contributed by atoms with van der Waals surface area (Å²) in [6.45, 7) is 6.27. The summed E-state index contributed by atoms with van der Waals surface area (Å²) in [5.74, 6) is 0. The fourth-order valence-electron chi connectivity index (χ4n) is 2.55. The highest BCUT2D eigenvalue weighted by atomic mass is 35.5. The van der Waals surface area contributed by atoms with Gasteiger partial charge in [0.1, 0.15) is 10.8 Å². The monoisotopic (exact) mass is 235 g/mol. The van der Waals surface area contributed by atoms with Crippen molar-refractivity contribution in [1.29, 1.82) is 0 Å².